The highest BCUT2D eigenvalue weighted by Gasteiger charge is 2.34. The number of rotatable bonds is 17. The third kappa shape index (κ3) is 12.4. The van der Waals surface area contributed by atoms with Crippen LogP contribution in [0.3, 0.4) is 0 Å². The molecule has 0 rings (SSSR count). The van der Waals surface area contributed by atoms with Gasteiger partial charge in [-0.25, -0.2) is 0 Å². The van der Waals surface area contributed by atoms with Gasteiger partial charge in [-0.2, -0.15) is 0 Å². The van der Waals surface area contributed by atoms with Gasteiger partial charge in [0.1, 0.15) is 0 Å². The molecular weight excluding hydrogens is 297 g/mol. The zero-order valence-corrected chi connectivity index (χ0v) is 18.0. The van der Waals surface area contributed by atoms with Crippen molar-refractivity contribution in [2.75, 3.05) is 31.2 Å². The molecule has 0 fully saturated rings. The molecule has 0 aromatic heterocycles. The Morgan fingerprint density at radius 3 is 1.57 bits per heavy atom. The topological polar surface area (TPSA) is 12.0 Å². The standard InChI is InChI=1S/C21H47NP/c1-6-10-17-23(18-11-7-2,19-12-8-3)20-14-13-16-22-21(5)15-9-4/h21-22H,6-20H2,1-5H3/q+1. The summed E-state index contributed by atoms with van der Waals surface area (Å²) in [6.45, 7) is 13.0. The van der Waals surface area contributed by atoms with Gasteiger partial charge in [0.05, 0.1) is 24.6 Å². The van der Waals surface area contributed by atoms with Gasteiger partial charge in [-0.3, -0.25) is 0 Å². The van der Waals surface area contributed by atoms with Crippen molar-refractivity contribution in [3.8, 4) is 0 Å². The second kappa shape index (κ2) is 15.9. The third-order valence-electron chi connectivity index (χ3n) is 5.23. The van der Waals surface area contributed by atoms with Crippen molar-refractivity contribution in [3.05, 3.63) is 0 Å². The minimum absolute atomic E-state index is 0.650. The van der Waals surface area contributed by atoms with Crippen LogP contribution in [0.2, 0.25) is 0 Å². The molecule has 1 nitrogen and oxygen atoms in total. The molecule has 0 heterocycles. The summed E-state index contributed by atoms with van der Waals surface area (Å²) in [5.74, 6) is 0. The SMILES string of the molecule is CCCC[P+](CCCC)(CCCC)CCCCNC(C)CCC. The molecule has 0 aromatic rings. The fourth-order valence-electron chi connectivity index (χ4n) is 3.61. The summed E-state index contributed by atoms with van der Waals surface area (Å²) in [4.78, 5) is 0. The van der Waals surface area contributed by atoms with Crippen LogP contribution in [-0.4, -0.2) is 37.2 Å². The van der Waals surface area contributed by atoms with Gasteiger partial charge in [-0.05, 0) is 52.0 Å². The van der Waals surface area contributed by atoms with E-state index in [0.717, 1.165) is 0 Å². The molecule has 23 heavy (non-hydrogen) atoms. The monoisotopic (exact) mass is 344 g/mol. The van der Waals surface area contributed by atoms with Crippen molar-refractivity contribution in [3.63, 3.8) is 0 Å². The van der Waals surface area contributed by atoms with Crippen molar-refractivity contribution in [2.45, 2.75) is 105 Å². The fraction of sp³-hybridized carbons (Fsp3) is 1.00. The van der Waals surface area contributed by atoms with Gasteiger partial charge in [-0.15, -0.1) is 0 Å². The molecule has 0 amide bonds. The lowest BCUT2D eigenvalue weighted by Gasteiger charge is -2.28. The van der Waals surface area contributed by atoms with Crippen LogP contribution in [0, 0.1) is 0 Å². The van der Waals surface area contributed by atoms with E-state index < -0.39 is 7.26 Å². The van der Waals surface area contributed by atoms with Crippen LogP contribution in [0.15, 0.2) is 0 Å². The smallest absolute Gasteiger partial charge is 0.0594 e. The largest absolute Gasteiger partial charge is 0.314 e. The molecule has 1 N–H and O–H groups in total. The second-order valence-corrected chi connectivity index (χ2v) is 12.1. The van der Waals surface area contributed by atoms with Gasteiger partial charge in [0.25, 0.3) is 0 Å². The van der Waals surface area contributed by atoms with Crippen LogP contribution in [0.1, 0.15) is 98.8 Å². The zero-order chi connectivity index (χ0) is 17.4. The lowest BCUT2D eigenvalue weighted by Crippen LogP contribution is -2.27. The fourth-order valence-corrected chi connectivity index (χ4v) is 8.80. The molecule has 0 spiro atoms. The van der Waals surface area contributed by atoms with Gasteiger partial charge in [0, 0.05) is 13.3 Å². The lowest BCUT2D eigenvalue weighted by molar-refractivity contribution is 0.500. The minimum Gasteiger partial charge on any atom is -0.314 e. The Morgan fingerprint density at radius 1 is 0.652 bits per heavy atom. The maximum absolute atomic E-state index is 3.71. The van der Waals surface area contributed by atoms with E-state index in [2.05, 4.69) is 39.9 Å². The molecule has 0 aliphatic carbocycles. The molecule has 1 atom stereocenters. The van der Waals surface area contributed by atoms with Crippen LogP contribution >= 0.6 is 7.26 Å². The molecule has 0 aliphatic heterocycles. The molecule has 140 valence electrons. The summed E-state index contributed by atoms with van der Waals surface area (Å²) in [6.07, 6.45) is 20.4. The van der Waals surface area contributed by atoms with Crippen LogP contribution in [0.4, 0.5) is 0 Å². The maximum atomic E-state index is 3.71. The van der Waals surface area contributed by atoms with E-state index in [1.165, 1.54) is 70.8 Å². The molecule has 2 heteroatoms. The van der Waals surface area contributed by atoms with E-state index in [1.54, 1.807) is 24.6 Å². The summed E-state index contributed by atoms with van der Waals surface area (Å²) in [6, 6.07) is 0.708. The number of unbranched alkanes of at least 4 members (excludes halogenated alkanes) is 4. The van der Waals surface area contributed by atoms with E-state index in [4.69, 9.17) is 0 Å². The van der Waals surface area contributed by atoms with Crippen LogP contribution < -0.4 is 5.32 Å². The van der Waals surface area contributed by atoms with Crippen LogP contribution in [-0.2, 0) is 0 Å². The van der Waals surface area contributed by atoms with Gasteiger partial charge < -0.3 is 5.32 Å². The summed E-state index contributed by atoms with van der Waals surface area (Å²) in [5, 5.41) is 3.71. The number of nitrogens with one attached hydrogen (secondary N) is 1. The Labute approximate surface area is 149 Å². The van der Waals surface area contributed by atoms with E-state index in [1.807, 2.05) is 0 Å². The van der Waals surface area contributed by atoms with Crippen molar-refractivity contribution in [1.29, 1.82) is 0 Å². The molecular formula is C21H47NP+. The van der Waals surface area contributed by atoms with Crippen molar-refractivity contribution < 1.29 is 0 Å². The zero-order valence-electron chi connectivity index (χ0n) is 17.1. The van der Waals surface area contributed by atoms with E-state index in [0.29, 0.717) is 6.04 Å². The van der Waals surface area contributed by atoms with Crippen molar-refractivity contribution >= 4 is 7.26 Å². The summed E-state index contributed by atoms with van der Waals surface area (Å²) >= 11 is 0. The Bertz CT molecular complexity index is 220. The second-order valence-electron chi connectivity index (χ2n) is 7.65. The van der Waals surface area contributed by atoms with Gasteiger partial charge in [0.15, 0.2) is 0 Å². The number of hydrogen-bond acceptors (Lipinski definition) is 1. The average molecular weight is 345 g/mol. The first-order valence-corrected chi connectivity index (χ1v) is 13.3. The van der Waals surface area contributed by atoms with E-state index in [9.17, 15) is 0 Å². The van der Waals surface area contributed by atoms with Gasteiger partial charge in [-0.1, -0.05) is 53.4 Å². The molecule has 0 bridgehead atoms. The third-order valence-corrected chi connectivity index (χ3v) is 10.3. The first kappa shape index (κ1) is 23.4. The first-order valence-electron chi connectivity index (χ1n) is 10.7. The quantitative estimate of drug-likeness (QED) is 0.222. The highest BCUT2D eigenvalue weighted by Crippen LogP contribution is 2.61. The van der Waals surface area contributed by atoms with E-state index in [-0.39, 0.29) is 0 Å². The van der Waals surface area contributed by atoms with Crippen molar-refractivity contribution in [2.24, 2.45) is 0 Å². The summed E-state index contributed by atoms with van der Waals surface area (Å²) < 4.78 is 0. The van der Waals surface area contributed by atoms with Gasteiger partial charge in [0.2, 0.25) is 0 Å². The summed E-state index contributed by atoms with van der Waals surface area (Å²) in [7, 11) is -0.650. The van der Waals surface area contributed by atoms with Crippen LogP contribution in [0.25, 0.3) is 0 Å². The maximum Gasteiger partial charge on any atom is 0.0594 e. The normalized spacial score (nSPS) is 13.4. The van der Waals surface area contributed by atoms with Gasteiger partial charge >= 0.3 is 0 Å². The lowest BCUT2D eigenvalue weighted by atomic mass is 10.2. The van der Waals surface area contributed by atoms with E-state index >= 15 is 0 Å². The Hall–Kier alpha value is 0.390. The average Bonchev–Trinajstić information content (AvgIpc) is 2.55. The first-order chi connectivity index (χ1) is 11.1. The van der Waals surface area contributed by atoms with Crippen molar-refractivity contribution in [1.82, 2.24) is 5.32 Å². The molecule has 0 saturated heterocycles. The predicted molar refractivity (Wildman–Crippen MR) is 113 cm³/mol. The Kier molecular flexibility index (Phi) is 16.2. The molecule has 0 aromatic carbocycles. The predicted octanol–water partition coefficient (Wildman–Crippen LogP) is 6.96. The Morgan fingerprint density at radius 2 is 1.13 bits per heavy atom. The molecule has 1 unspecified atom stereocenters. The molecule has 0 aliphatic rings. The molecule has 0 radical (unpaired) electrons. The highest BCUT2D eigenvalue weighted by atomic mass is 31.2. The Balaban J connectivity index is 4.29. The highest BCUT2D eigenvalue weighted by molar-refractivity contribution is 7.75. The summed E-state index contributed by atoms with van der Waals surface area (Å²) in [5.41, 5.74) is 0. The van der Waals surface area contributed by atoms with Crippen LogP contribution in [0.5, 0.6) is 0 Å². The minimum atomic E-state index is -0.650. The molecule has 0 saturated carbocycles. The number of hydrogen-bond donors (Lipinski definition) is 1.